The number of carbonyl (C=O) groups excluding carboxylic acids is 2. The SMILES string of the molecule is COC(=O)C1CCCN1CC(=O)Nc1ccccc1F. The molecule has 0 bridgehead atoms. The van der Waals surface area contributed by atoms with Gasteiger partial charge in [-0.15, -0.1) is 0 Å². The fraction of sp³-hybridized carbons (Fsp3) is 0.429. The zero-order chi connectivity index (χ0) is 14.5. The number of halogens is 1. The second-order valence-corrected chi connectivity index (χ2v) is 4.68. The molecule has 108 valence electrons. The van der Waals surface area contributed by atoms with Crippen molar-refractivity contribution in [2.45, 2.75) is 18.9 Å². The molecule has 1 amide bonds. The van der Waals surface area contributed by atoms with Crippen molar-refractivity contribution in [2.24, 2.45) is 0 Å². The van der Waals surface area contributed by atoms with Crippen molar-refractivity contribution in [1.82, 2.24) is 4.90 Å². The Bertz CT molecular complexity index is 507. The maximum absolute atomic E-state index is 13.4. The summed E-state index contributed by atoms with van der Waals surface area (Å²) in [6, 6.07) is 5.59. The summed E-state index contributed by atoms with van der Waals surface area (Å²) >= 11 is 0. The van der Waals surface area contributed by atoms with Crippen LogP contribution in [0.2, 0.25) is 0 Å². The Kier molecular flexibility index (Phi) is 4.68. The minimum absolute atomic E-state index is 0.0497. The number of amides is 1. The van der Waals surface area contributed by atoms with E-state index in [0.29, 0.717) is 13.0 Å². The highest BCUT2D eigenvalue weighted by molar-refractivity contribution is 5.92. The zero-order valence-electron chi connectivity index (χ0n) is 11.3. The van der Waals surface area contributed by atoms with E-state index < -0.39 is 5.82 Å². The molecule has 6 heteroatoms. The molecule has 1 unspecified atom stereocenters. The van der Waals surface area contributed by atoms with Crippen molar-refractivity contribution >= 4 is 17.6 Å². The van der Waals surface area contributed by atoms with Gasteiger partial charge in [0.05, 0.1) is 19.3 Å². The summed E-state index contributed by atoms with van der Waals surface area (Å²) in [6.07, 6.45) is 1.52. The predicted octanol–water partition coefficient (Wildman–Crippen LogP) is 1.40. The van der Waals surface area contributed by atoms with E-state index in [-0.39, 0.29) is 30.2 Å². The molecule has 20 heavy (non-hydrogen) atoms. The molecule has 5 nitrogen and oxygen atoms in total. The topological polar surface area (TPSA) is 58.6 Å². The zero-order valence-corrected chi connectivity index (χ0v) is 11.3. The van der Waals surface area contributed by atoms with Crippen LogP contribution >= 0.6 is 0 Å². The van der Waals surface area contributed by atoms with Gasteiger partial charge in [-0.3, -0.25) is 14.5 Å². The standard InChI is InChI=1S/C14H17FN2O3/c1-20-14(19)12-7-4-8-17(12)9-13(18)16-11-6-3-2-5-10(11)15/h2-3,5-6,12H,4,7-9H2,1H3,(H,16,18). The van der Waals surface area contributed by atoms with E-state index in [0.717, 1.165) is 6.42 Å². The summed E-state index contributed by atoms with van der Waals surface area (Å²) in [5.74, 6) is -1.15. The number of likely N-dealkylation sites (tertiary alicyclic amines) is 1. The Balaban J connectivity index is 1.94. The largest absolute Gasteiger partial charge is 0.468 e. The molecule has 1 heterocycles. The van der Waals surface area contributed by atoms with Crippen molar-refractivity contribution in [1.29, 1.82) is 0 Å². The Morgan fingerprint density at radius 3 is 2.90 bits per heavy atom. The third-order valence-electron chi connectivity index (χ3n) is 3.33. The number of hydrogen-bond acceptors (Lipinski definition) is 4. The van der Waals surface area contributed by atoms with Crippen LogP contribution in [0, 0.1) is 5.82 Å². The smallest absolute Gasteiger partial charge is 0.323 e. The van der Waals surface area contributed by atoms with Crippen LogP contribution in [0.5, 0.6) is 0 Å². The number of esters is 1. The fourth-order valence-electron chi connectivity index (χ4n) is 2.36. The van der Waals surface area contributed by atoms with Crippen LogP contribution in [0.15, 0.2) is 24.3 Å². The summed E-state index contributed by atoms with van der Waals surface area (Å²) in [5.41, 5.74) is 0.145. The van der Waals surface area contributed by atoms with Crippen LogP contribution in [-0.2, 0) is 14.3 Å². The summed E-state index contributed by atoms with van der Waals surface area (Å²) in [7, 11) is 1.33. The number of nitrogens with one attached hydrogen (secondary N) is 1. The van der Waals surface area contributed by atoms with Crippen LogP contribution in [0.1, 0.15) is 12.8 Å². The van der Waals surface area contributed by atoms with E-state index in [1.807, 2.05) is 0 Å². The number of ether oxygens (including phenoxy) is 1. The molecule has 0 aromatic heterocycles. The first-order chi connectivity index (χ1) is 9.61. The highest BCUT2D eigenvalue weighted by atomic mass is 19.1. The molecular formula is C14H17FN2O3. The number of carbonyl (C=O) groups is 2. The molecule has 1 aliphatic heterocycles. The van der Waals surface area contributed by atoms with Gasteiger partial charge in [-0.05, 0) is 31.5 Å². The highest BCUT2D eigenvalue weighted by Crippen LogP contribution is 2.18. The molecule has 1 aromatic rings. The van der Waals surface area contributed by atoms with Crippen molar-refractivity contribution in [3.63, 3.8) is 0 Å². The average Bonchev–Trinajstić information content (AvgIpc) is 2.88. The monoisotopic (exact) mass is 280 g/mol. The van der Waals surface area contributed by atoms with Crippen molar-refractivity contribution in [2.75, 3.05) is 25.5 Å². The van der Waals surface area contributed by atoms with Crippen molar-refractivity contribution in [3.8, 4) is 0 Å². The van der Waals surface area contributed by atoms with Gasteiger partial charge >= 0.3 is 5.97 Å². The molecule has 2 rings (SSSR count). The molecule has 1 N–H and O–H groups in total. The lowest BCUT2D eigenvalue weighted by Gasteiger charge is -2.21. The van der Waals surface area contributed by atoms with Gasteiger partial charge in [-0.1, -0.05) is 12.1 Å². The lowest BCUT2D eigenvalue weighted by molar-refractivity contribution is -0.146. The lowest BCUT2D eigenvalue weighted by Crippen LogP contribution is -2.41. The minimum atomic E-state index is -0.480. The van der Waals surface area contributed by atoms with Crippen LogP contribution < -0.4 is 5.32 Å². The van der Waals surface area contributed by atoms with Gasteiger partial charge in [0.2, 0.25) is 5.91 Å². The molecule has 1 fully saturated rings. The molecule has 0 radical (unpaired) electrons. The Morgan fingerprint density at radius 2 is 2.20 bits per heavy atom. The van der Waals surface area contributed by atoms with Crippen LogP contribution in [0.4, 0.5) is 10.1 Å². The first-order valence-corrected chi connectivity index (χ1v) is 6.48. The summed E-state index contributed by atoms with van der Waals surface area (Å²) in [4.78, 5) is 25.2. The molecule has 0 aliphatic carbocycles. The quantitative estimate of drug-likeness (QED) is 0.847. The second kappa shape index (κ2) is 6.47. The van der Waals surface area contributed by atoms with Gasteiger partial charge in [0.15, 0.2) is 0 Å². The molecule has 1 saturated heterocycles. The van der Waals surface area contributed by atoms with E-state index in [9.17, 15) is 14.0 Å². The summed E-state index contributed by atoms with van der Waals surface area (Å²) < 4.78 is 18.1. The van der Waals surface area contributed by atoms with Crippen molar-refractivity contribution < 1.29 is 18.7 Å². The highest BCUT2D eigenvalue weighted by Gasteiger charge is 2.32. The van der Waals surface area contributed by atoms with Gasteiger partial charge in [0.25, 0.3) is 0 Å². The number of rotatable bonds is 4. The molecule has 1 atom stereocenters. The van der Waals surface area contributed by atoms with Crippen molar-refractivity contribution in [3.05, 3.63) is 30.1 Å². The van der Waals surface area contributed by atoms with Gasteiger partial charge in [0, 0.05) is 0 Å². The van der Waals surface area contributed by atoms with Crippen LogP contribution in [0.3, 0.4) is 0 Å². The normalized spacial score (nSPS) is 18.8. The molecule has 1 aromatic carbocycles. The maximum Gasteiger partial charge on any atom is 0.323 e. The van der Waals surface area contributed by atoms with Crippen LogP contribution in [-0.4, -0.2) is 43.0 Å². The fourth-order valence-corrected chi connectivity index (χ4v) is 2.36. The van der Waals surface area contributed by atoms with Crippen LogP contribution in [0.25, 0.3) is 0 Å². The number of methoxy groups -OCH3 is 1. The van der Waals surface area contributed by atoms with E-state index in [1.54, 1.807) is 17.0 Å². The Morgan fingerprint density at radius 1 is 1.45 bits per heavy atom. The number of nitrogens with zero attached hydrogens (tertiary/aromatic N) is 1. The molecule has 0 saturated carbocycles. The third kappa shape index (κ3) is 3.33. The van der Waals surface area contributed by atoms with Gasteiger partial charge in [-0.25, -0.2) is 4.39 Å². The number of hydrogen-bond donors (Lipinski definition) is 1. The van der Waals surface area contributed by atoms with Gasteiger partial charge < -0.3 is 10.1 Å². The van der Waals surface area contributed by atoms with E-state index >= 15 is 0 Å². The molecular weight excluding hydrogens is 263 g/mol. The first kappa shape index (κ1) is 14.5. The first-order valence-electron chi connectivity index (χ1n) is 6.48. The number of benzene rings is 1. The lowest BCUT2D eigenvalue weighted by atomic mass is 10.2. The third-order valence-corrected chi connectivity index (χ3v) is 3.33. The maximum atomic E-state index is 13.4. The Labute approximate surface area is 116 Å². The van der Waals surface area contributed by atoms with E-state index in [1.165, 1.54) is 19.2 Å². The van der Waals surface area contributed by atoms with E-state index in [2.05, 4.69) is 5.32 Å². The van der Waals surface area contributed by atoms with Gasteiger partial charge in [0.1, 0.15) is 11.9 Å². The predicted molar refractivity (Wildman–Crippen MR) is 71.6 cm³/mol. The number of anilines is 1. The van der Waals surface area contributed by atoms with Gasteiger partial charge in [-0.2, -0.15) is 0 Å². The summed E-state index contributed by atoms with van der Waals surface area (Å²) in [5, 5.41) is 2.51. The number of para-hydroxylation sites is 1. The molecule has 1 aliphatic rings. The second-order valence-electron chi connectivity index (χ2n) is 4.68. The van der Waals surface area contributed by atoms with E-state index in [4.69, 9.17) is 4.74 Å². The Hall–Kier alpha value is -1.95. The minimum Gasteiger partial charge on any atom is -0.468 e. The average molecular weight is 280 g/mol. The summed E-state index contributed by atoms with van der Waals surface area (Å²) in [6.45, 7) is 0.707. The molecule has 0 spiro atoms.